The molecule has 1 aromatic heterocycles. The molecule has 2 heterocycles. The standard InChI is InChI=1S/C19H17ClN2O5/c1-3-26-19(25)22-15-10-12(20)7-8-13(15)18(27-11(2)23)16(22)17(24)14-6-4-5-9-21-14/h4-10,16,18H,3H2,1-2H3. The van der Waals surface area contributed by atoms with Gasteiger partial charge in [-0.3, -0.25) is 19.5 Å². The average Bonchev–Trinajstić information content (AvgIpc) is 2.94. The van der Waals surface area contributed by atoms with E-state index in [-0.39, 0.29) is 12.3 Å². The summed E-state index contributed by atoms with van der Waals surface area (Å²) in [6.07, 6.45) is -0.250. The second kappa shape index (κ2) is 7.75. The molecule has 0 saturated carbocycles. The van der Waals surface area contributed by atoms with E-state index < -0.39 is 30.0 Å². The van der Waals surface area contributed by atoms with E-state index >= 15 is 0 Å². The van der Waals surface area contributed by atoms with E-state index in [1.54, 1.807) is 31.2 Å². The van der Waals surface area contributed by atoms with Gasteiger partial charge in [-0.25, -0.2) is 4.79 Å². The van der Waals surface area contributed by atoms with Gasteiger partial charge in [0.05, 0.1) is 12.3 Å². The molecular weight excluding hydrogens is 372 g/mol. The van der Waals surface area contributed by atoms with E-state index in [4.69, 9.17) is 21.1 Å². The van der Waals surface area contributed by atoms with Crippen molar-refractivity contribution < 1.29 is 23.9 Å². The summed E-state index contributed by atoms with van der Waals surface area (Å²) in [4.78, 5) is 42.7. The number of anilines is 1. The van der Waals surface area contributed by atoms with Crippen LogP contribution < -0.4 is 4.90 Å². The molecule has 0 fully saturated rings. The number of Topliss-reactive ketones (excluding diaryl/α,β-unsaturated/α-hetero) is 1. The number of aromatic nitrogens is 1. The number of carbonyl (C=O) groups excluding carboxylic acids is 3. The van der Waals surface area contributed by atoms with Gasteiger partial charge >= 0.3 is 12.1 Å². The first-order valence-electron chi connectivity index (χ1n) is 8.32. The first kappa shape index (κ1) is 18.8. The van der Waals surface area contributed by atoms with Crippen LogP contribution in [0.4, 0.5) is 10.5 Å². The van der Waals surface area contributed by atoms with Crippen LogP contribution in [0.5, 0.6) is 0 Å². The smallest absolute Gasteiger partial charge is 0.415 e. The average molecular weight is 389 g/mol. The van der Waals surface area contributed by atoms with E-state index in [1.165, 1.54) is 30.2 Å². The predicted octanol–water partition coefficient (Wildman–Crippen LogP) is 3.57. The van der Waals surface area contributed by atoms with E-state index in [0.717, 1.165) is 0 Å². The van der Waals surface area contributed by atoms with Crippen molar-refractivity contribution in [1.82, 2.24) is 4.98 Å². The molecule has 2 unspecified atom stereocenters. The quantitative estimate of drug-likeness (QED) is 0.588. The number of halogens is 1. The summed E-state index contributed by atoms with van der Waals surface area (Å²) in [7, 11) is 0. The van der Waals surface area contributed by atoms with Crippen molar-refractivity contribution in [3.8, 4) is 0 Å². The Morgan fingerprint density at radius 2 is 2.00 bits per heavy atom. The lowest BCUT2D eigenvalue weighted by Gasteiger charge is -2.26. The summed E-state index contributed by atoms with van der Waals surface area (Å²) < 4.78 is 10.5. The van der Waals surface area contributed by atoms with Crippen LogP contribution in [0.1, 0.15) is 36.0 Å². The largest absolute Gasteiger partial charge is 0.455 e. The van der Waals surface area contributed by atoms with Gasteiger partial charge in [-0.05, 0) is 31.2 Å². The number of esters is 1. The maximum absolute atomic E-state index is 13.2. The molecule has 0 radical (unpaired) electrons. The second-order valence-electron chi connectivity index (χ2n) is 5.83. The highest BCUT2D eigenvalue weighted by molar-refractivity contribution is 6.31. The number of fused-ring (bicyclic) bond motifs is 1. The summed E-state index contributed by atoms with van der Waals surface area (Å²) in [5, 5.41) is 0.371. The molecule has 0 saturated heterocycles. The second-order valence-corrected chi connectivity index (χ2v) is 6.26. The van der Waals surface area contributed by atoms with Gasteiger partial charge in [0, 0.05) is 23.7 Å². The minimum atomic E-state index is -1.14. The van der Waals surface area contributed by atoms with Crippen LogP contribution in [0, 0.1) is 0 Å². The van der Waals surface area contributed by atoms with Crippen molar-refractivity contribution >= 4 is 35.1 Å². The molecule has 0 spiro atoms. The molecule has 2 aromatic rings. The van der Waals surface area contributed by atoms with E-state index in [9.17, 15) is 14.4 Å². The molecule has 1 amide bonds. The molecule has 2 atom stereocenters. The molecule has 3 rings (SSSR count). The Labute approximate surface area is 160 Å². The SMILES string of the molecule is CCOC(=O)N1c2cc(Cl)ccc2C(OC(C)=O)C1C(=O)c1ccccn1. The summed E-state index contributed by atoms with van der Waals surface area (Å²) in [5.74, 6) is -1.05. The fourth-order valence-electron chi connectivity index (χ4n) is 3.05. The third-order valence-corrected chi connectivity index (χ3v) is 4.30. The van der Waals surface area contributed by atoms with E-state index in [2.05, 4.69) is 4.98 Å². The maximum Gasteiger partial charge on any atom is 0.415 e. The van der Waals surface area contributed by atoms with E-state index in [1.807, 2.05) is 0 Å². The monoisotopic (exact) mass is 388 g/mol. The highest BCUT2D eigenvalue weighted by Gasteiger charge is 2.49. The van der Waals surface area contributed by atoms with Crippen LogP contribution in [0.2, 0.25) is 5.02 Å². The fourth-order valence-corrected chi connectivity index (χ4v) is 3.21. The number of rotatable bonds is 4. The predicted molar refractivity (Wildman–Crippen MR) is 97.8 cm³/mol. The lowest BCUT2D eigenvalue weighted by molar-refractivity contribution is -0.146. The van der Waals surface area contributed by atoms with E-state index in [0.29, 0.717) is 16.3 Å². The maximum atomic E-state index is 13.2. The Kier molecular flexibility index (Phi) is 5.41. The minimum absolute atomic E-state index is 0.119. The summed E-state index contributed by atoms with van der Waals surface area (Å²) >= 11 is 6.08. The van der Waals surface area contributed by atoms with Gasteiger partial charge in [-0.15, -0.1) is 0 Å². The van der Waals surface area contributed by atoms with Crippen LogP contribution in [0.25, 0.3) is 0 Å². The van der Waals surface area contributed by atoms with Crippen LogP contribution in [0.15, 0.2) is 42.6 Å². The van der Waals surface area contributed by atoms with Gasteiger partial charge in [0.1, 0.15) is 11.7 Å². The van der Waals surface area contributed by atoms with Gasteiger partial charge in [-0.2, -0.15) is 0 Å². The van der Waals surface area contributed by atoms with Gasteiger partial charge in [-0.1, -0.05) is 23.7 Å². The number of nitrogens with zero attached hydrogens (tertiary/aromatic N) is 2. The first-order valence-corrected chi connectivity index (χ1v) is 8.69. The highest BCUT2D eigenvalue weighted by Crippen LogP contribution is 2.44. The third-order valence-electron chi connectivity index (χ3n) is 4.07. The number of pyridine rings is 1. The Morgan fingerprint density at radius 1 is 1.22 bits per heavy atom. The summed E-state index contributed by atoms with van der Waals surface area (Å²) in [5.41, 5.74) is 1.01. The molecule has 140 valence electrons. The molecule has 8 heteroatoms. The Morgan fingerprint density at radius 3 is 2.63 bits per heavy atom. The number of benzene rings is 1. The van der Waals surface area contributed by atoms with Crippen molar-refractivity contribution in [3.05, 3.63) is 58.9 Å². The zero-order valence-electron chi connectivity index (χ0n) is 14.7. The molecule has 1 aliphatic rings. The Balaban J connectivity index is 2.14. The van der Waals surface area contributed by atoms with Gasteiger partial charge in [0.25, 0.3) is 0 Å². The van der Waals surface area contributed by atoms with Gasteiger partial charge < -0.3 is 9.47 Å². The van der Waals surface area contributed by atoms with Crippen LogP contribution in [0.3, 0.4) is 0 Å². The van der Waals surface area contributed by atoms with Crippen LogP contribution in [-0.4, -0.2) is 35.5 Å². The van der Waals surface area contributed by atoms with Crippen molar-refractivity contribution in [3.63, 3.8) is 0 Å². The molecule has 1 aliphatic heterocycles. The summed E-state index contributed by atoms with van der Waals surface area (Å²) in [6.45, 7) is 3.02. The molecule has 0 aliphatic carbocycles. The molecule has 0 N–H and O–H groups in total. The molecule has 7 nitrogen and oxygen atoms in total. The topological polar surface area (TPSA) is 85.8 Å². The Hall–Kier alpha value is -2.93. The van der Waals surface area contributed by atoms with Crippen molar-refractivity contribution in [2.24, 2.45) is 0 Å². The number of ketones is 1. The van der Waals surface area contributed by atoms with Crippen LogP contribution in [-0.2, 0) is 14.3 Å². The first-order chi connectivity index (χ1) is 12.9. The van der Waals surface area contributed by atoms with Gasteiger partial charge in [0.15, 0.2) is 6.10 Å². The third kappa shape index (κ3) is 3.64. The minimum Gasteiger partial charge on any atom is -0.455 e. The molecule has 27 heavy (non-hydrogen) atoms. The fraction of sp³-hybridized carbons (Fsp3) is 0.263. The molecular formula is C19H17ClN2O5. The van der Waals surface area contributed by atoms with Crippen LogP contribution >= 0.6 is 11.6 Å². The Bertz CT molecular complexity index is 887. The number of carbonyl (C=O) groups is 3. The normalized spacial score (nSPS) is 18.0. The van der Waals surface area contributed by atoms with Crippen molar-refractivity contribution in [2.45, 2.75) is 26.0 Å². The highest BCUT2D eigenvalue weighted by atomic mass is 35.5. The lowest BCUT2D eigenvalue weighted by atomic mass is 10.0. The molecule has 1 aromatic carbocycles. The number of hydrogen-bond donors (Lipinski definition) is 0. The summed E-state index contributed by atoms with van der Waals surface area (Å²) in [6, 6.07) is 8.50. The number of amides is 1. The number of hydrogen-bond acceptors (Lipinski definition) is 6. The lowest BCUT2D eigenvalue weighted by Crippen LogP contribution is -2.46. The van der Waals surface area contributed by atoms with Gasteiger partial charge in [0.2, 0.25) is 5.78 Å². The molecule has 0 bridgehead atoms. The number of ether oxygens (including phenoxy) is 2. The zero-order chi connectivity index (χ0) is 19.6. The van der Waals surface area contributed by atoms with Crippen molar-refractivity contribution in [1.29, 1.82) is 0 Å². The zero-order valence-corrected chi connectivity index (χ0v) is 15.5. The van der Waals surface area contributed by atoms with Crippen molar-refractivity contribution in [2.75, 3.05) is 11.5 Å².